The van der Waals surface area contributed by atoms with Crippen LogP contribution < -0.4 is 10.1 Å². The van der Waals surface area contributed by atoms with Crippen molar-refractivity contribution < 1.29 is 13.2 Å². The summed E-state index contributed by atoms with van der Waals surface area (Å²) in [5, 5.41) is 3.35. The van der Waals surface area contributed by atoms with E-state index in [0.29, 0.717) is 4.90 Å². The number of sulfonamides is 1. The minimum atomic E-state index is -3.45. The average Bonchev–Trinajstić information content (AvgIpc) is 2.72. The molecule has 2 aliphatic heterocycles. The monoisotopic (exact) mass is 360 g/mol. The Morgan fingerprint density at radius 2 is 1.74 bits per heavy atom. The third-order valence-corrected chi connectivity index (χ3v) is 6.78. The molecule has 23 heavy (non-hydrogen) atoms. The first-order chi connectivity index (χ1) is 10.4. The molecule has 0 radical (unpaired) electrons. The van der Waals surface area contributed by atoms with E-state index >= 15 is 0 Å². The largest absolute Gasteiger partial charge is 0.496 e. The SMILES string of the molecule is COc1c(C)cc(S(=O)(=O)N2C3CCNCC2CC3)cc1C.Cl. The number of fused-ring (bicyclic) bond motifs is 2. The van der Waals surface area contributed by atoms with Gasteiger partial charge in [0.2, 0.25) is 10.0 Å². The molecule has 0 saturated carbocycles. The molecule has 1 aromatic carbocycles. The zero-order chi connectivity index (χ0) is 15.9. The topological polar surface area (TPSA) is 58.6 Å². The average molecular weight is 361 g/mol. The fraction of sp³-hybridized carbons (Fsp3) is 0.625. The molecule has 2 unspecified atom stereocenters. The molecule has 2 atom stereocenters. The molecule has 2 bridgehead atoms. The lowest BCUT2D eigenvalue weighted by Crippen LogP contribution is -2.42. The number of ether oxygens (including phenoxy) is 1. The molecule has 0 amide bonds. The molecule has 2 heterocycles. The van der Waals surface area contributed by atoms with Gasteiger partial charge in [-0.2, -0.15) is 4.31 Å². The van der Waals surface area contributed by atoms with Crippen molar-refractivity contribution in [3.8, 4) is 5.75 Å². The van der Waals surface area contributed by atoms with Gasteiger partial charge in [0.15, 0.2) is 0 Å². The Labute approximate surface area is 144 Å². The molecular weight excluding hydrogens is 336 g/mol. The van der Waals surface area contributed by atoms with Crippen molar-refractivity contribution in [2.45, 2.75) is 50.1 Å². The first kappa shape index (κ1) is 18.5. The number of aryl methyl sites for hydroxylation is 2. The number of methoxy groups -OCH3 is 1. The van der Waals surface area contributed by atoms with Crippen LogP contribution in [0.2, 0.25) is 0 Å². The summed E-state index contributed by atoms with van der Waals surface area (Å²) in [5.41, 5.74) is 1.72. The van der Waals surface area contributed by atoms with Crippen LogP contribution in [0.5, 0.6) is 5.75 Å². The van der Waals surface area contributed by atoms with Crippen LogP contribution in [0.25, 0.3) is 0 Å². The molecule has 2 aliphatic rings. The van der Waals surface area contributed by atoms with Gasteiger partial charge in [0.05, 0.1) is 12.0 Å². The van der Waals surface area contributed by atoms with Crippen molar-refractivity contribution in [1.82, 2.24) is 9.62 Å². The molecule has 130 valence electrons. The van der Waals surface area contributed by atoms with E-state index in [4.69, 9.17) is 4.74 Å². The summed E-state index contributed by atoms with van der Waals surface area (Å²) in [7, 11) is -1.84. The highest BCUT2D eigenvalue weighted by Crippen LogP contribution is 2.35. The Morgan fingerprint density at radius 3 is 2.35 bits per heavy atom. The van der Waals surface area contributed by atoms with Crippen LogP contribution in [0.15, 0.2) is 17.0 Å². The Bertz CT molecular complexity index is 641. The zero-order valence-electron chi connectivity index (χ0n) is 13.8. The highest BCUT2D eigenvalue weighted by Gasteiger charge is 2.43. The molecular formula is C16H25ClN2O3S. The molecule has 5 nitrogen and oxygen atoms in total. The third kappa shape index (κ3) is 3.22. The lowest BCUT2D eigenvalue weighted by molar-refractivity contribution is 0.334. The predicted molar refractivity (Wildman–Crippen MR) is 93.0 cm³/mol. The Balaban J connectivity index is 0.00000192. The number of rotatable bonds is 3. The fourth-order valence-electron chi connectivity index (χ4n) is 3.83. The van der Waals surface area contributed by atoms with Crippen LogP contribution in [0.4, 0.5) is 0 Å². The second-order valence-electron chi connectivity index (χ2n) is 6.30. The van der Waals surface area contributed by atoms with Gasteiger partial charge in [0, 0.05) is 18.6 Å². The van der Waals surface area contributed by atoms with Crippen LogP contribution >= 0.6 is 12.4 Å². The third-order valence-electron chi connectivity index (χ3n) is 4.80. The number of nitrogens with zero attached hydrogens (tertiary/aromatic N) is 1. The van der Waals surface area contributed by atoms with Crippen LogP contribution in [0.1, 0.15) is 30.4 Å². The van der Waals surface area contributed by atoms with E-state index < -0.39 is 10.0 Å². The number of hydrogen-bond acceptors (Lipinski definition) is 4. The van der Waals surface area contributed by atoms with E-state index in [1.54, 1.807) is 23.5 Å². The van der Waals surface area contributed by atoms with Gasteiger partial charge in [0.25, 0.3) is 0 Å². The van der Waals surface area contributed by atoms with Crippen molar-refractivity contribution in [3.63, 3.8) is 0 Å². The van der Waals surface area contributed by atoms with Crippen LogP contribution in [0.3, 0.4) is 0 Å². The summed E-state index contributed by atoms with van der Waals surface area (Å²) in [6, 6.07) is 3.69. The number of hydrogen-bond donors (Lipinski definition) is 1. The van der Waals surface area contributed by atoms with E-state index in [9.17, 15) is 8.42 Å². The second kappa shape index (κ2) is 6.97. The van der Waals surface area contributed by atoms with Crippen LogP contribution in [0, 0.1) is 13.8 Å². The molecule has 1 N–H and O–H groups in total. The first-order valence-electron chi connectivity index (χ1n) is 7.84. The Kier molecular flexibility index (Phi) is 5.61. The molecule has 1 aromatic rings. The maximum Gasteiger partial charge on any atom is 0.243 e. The number of nitrogens with one attached hydrogen (secondary N) is 1. The Hall–Kier alpha value is -0.820. The molecule has 0 aromatic heterocycles. The molecule has 0 aliphatic carbocycles. The summed E-state index contributed by atoms with van der Waals surface area (Å²) in [5.74, 6) is 0.763. The minimum absolute atomic E-state index is 0. The van der Waals surface area contributed by atoms with E-state index in [1.807, 2.05) is 13.8 Å². The van der Waals surface area contributed by atoms with Crippen LogP contribution in [-0.2, 0) is 10.0 Å². The van der Waals surface area contributed by atoms with Gasteiger partial charge in [0.1, 0.15) is 5.75 Å². The molecule has 7 heteroatoms. The minimum Gasteiger partial charge on any atom is -0.496 e. The summed E-state index contributed by atoms with van der Waals surface area (Å²) < 4.78 is 33.4. The number of halogens is 1. The van der Waals surface area contributed by atoms with Crippen molar-refractivity contribution in [1.29, 1.82) is 0 Å². The second-order valence-corrected chi connectivity index (χ2v) is 8.15. The molecule has 3 rings (SSSR count). The molecule has 2 fully saturated rings. The first-order valence-corrected chi connectivity index (χ1v) is 9.28. The summed E-state index contributed by atoms with van der Waals surface area (Å²) in [6.07, 6.45) is 2.81. The van der Waals surface area contributed by atoms with Crippen LogP contribution in [-0.4, -0.2) is 45.0 Å². The van der Waals surface area contributed by atoms with Gasteiger partial charge >= 0.3 is 0 Å². The predicted octanol–water partition coefficient (Wildman–Crippen LogP) is 2.25. The molecule has 0 spiro atoms. The quantitative estimate of drug-likeness (QED) is 0.898. The Morgan fingerprint density at radius 1 is 1.13 bits per heavy atom. The number of benzene rings is 1. The van der Waals surface area contributed by atoms with Gasteiger partial charge in [-0.25, -0.2) is 8.42 Å². The maximum absolute atomic E-state index is 13.2. The van der Waals surface area contributed by atoms with Crippen molar-refractivity contribution in [2.24, 2.45) is 0 Å². The van der Waals surface area contributed by atoms with E-state index in [2.05, 4.69) is 5.32 Å². The van der Waals surface area contributed by atoms with Crippen molar-refractivity contribution >= 4 is 22.4 Å². The highest BCUT2D eigenvalue weighted by atomic mass is 35.5. The van der Waals surface area contributed by atoms with Gasteiger partial charge in [-0.3, -0.25) is 0 Å². The van der Waals surface area contributed by atoms with E-state index in [0.717, 1.165) is 49.2 Å². The molecule has 2 saturated heterocycles. The lowest BCUT2D eigenvalue weighted by Gasteiger charge is -2.27. The van der Waals surface area contributed by atoms with Gasteiger partial charge in [-0.1, -0.05) is 0 Å². The lowest BCUT2D eigenvalue weighted by atomic mass is 10.1. The highest BCUT2D eigenvalue weighted by molar-refractivity contribution is 7.89. The summed E-state index contributed by atoms with van der Waals surface area (Å²) >= 11 is 0. The van der Waals surface area contributed by atoms with E-state index in [-0.39, 0.29) is 24.5 Å². The van der Waals surface area contributed by atoms with E-state index in [1.165, 1.54) is 0 Å². The van der Waals surface area contributed by atoms with Gasteiger partial charge in [-0.05, 0) is 62.9 Å². The fourth-order valence-corrected chi connectivity index (χ4v) is 5.90. The van der Waals surface area contributed by atoms with Gasteiger partial charge < -0.3 is 10.1 Å². The standard InChI is InChI=1S/C16H24N2O3S.ClH/c1-11-8-15(9-12(2)16(11)21-3)22(19,20)18-13-4-5-14(18)10-17-7-6-13;/h8-9,13-14,17H,4-7,10H2,1-3H3;1H. The van der Waals surface area contributed by atoms with Gasteiger partial charge in [-0.15, -0.1) is 12.4 Å². The summed E-state index contributed by atoms with van der Waals surface area (Å²) in [6.45, 7) is 5.44. The normalized spacial score (nSPS) is 24.8. The zero-order valence-corrected chi connectivity index (χ0v) is 15.5. The summed E-state index contributed by atoms with van der Waals surface area (Å²) in [4.78, 5) is 0.391. The smallest absolute Gasteiger partial charge is 0.243 e. The maximum atomic E-state index is 13.2. The van der Waals surface area contributed by atoms with Crippen molar-refractivity contribution in [3.05, 3.63) is 23.3 Å². The van der Waals surface area contributed by atoms with Crippen molar-refractivity contribution in [2.75, 3.05) is 20.2 Å².